The Morgan fingerprint density at radius 3 is 2.56 bits per heavy atom. The number of carbonyl (C=O) groups is 1. The van der Waals surface area contributed by atoms with Crippen LogP contribution in [0.2, 0.25) is 5.02 Å². The van der Waals surface area contributed by atoms with Gasteiger partial charge in [-0.1, -0.05) is 17.7 Å². The zero-order chi connectivity index (χ0) is 26.0. The number of ether oxygens (including phenoxy) is 1. The number of carbonyl (C=O) groups excluding carboxylic acids is 1. The molecule has 1 saturated carbocycles. The second-order valence-corrected chi connectivity index (χ2v) is 8.69. The van der Waals surface area contributed by atoms with Gasteiger partial charge in [0.05, 0.1) is 16.6 Å². The predicted octanol–water partition coefficient (Wildman–Crippen LogP) is 5.99. The lowest BCUT2D eigenvalue weighted by Crippen LogP contribution is -2.40. The predicted molar refractivity (Wildman–Crippen MR) is 119 cm³/mol. The number of aromatic amines is 1. The number of para-hydroxylation sites is 1. The smallest absolute Gasteiger partial charge is 0.391 e. The summed E-state index contributed by atoms with van der Waals surface area (Å²) >= 11 is 6.00. The van der Waals surface area contributed by atoms with Crippen LogP contribution in [0.15, 0.2) is 24.3 Å². The lowest BCUT2D eigenvalue weighted by atomic mass is 9.85. The van der Waals surface area contributed by atoms with E-state index in [-0.39, 0.29) is 59.1 Å². The summed E-state index contributed by atoms with van der Waals surface area (Å²) in [5, 5.41) is 5.36. The quantitative estimate of drug-likeness (QED) is 0.323. The first-order chi connectivity index (χ1) is 17.0. The third-order valence-electron chi connectivity index (χ3n) is 5.76. The van der Waals surface area contributed by atoms with E-state index in [4.69, 9.17) is 16.3 Å². The van der Waals surface area contributed by atoms with Crippen LogP contribution in [0, 0.1) is 11.7 Å². The van der Waals surface area contributed by atoms with E-state index in [0.29, 0.717) is 0 Å². The first-order valence-corrected chi connectivity index (χ1v) is 11.3. The second kappa shape index (κ2) is 10.4. The summed E-state index contributed by atoms with van der Waals surface area (Å²) in [6.07, 6.45) is -7.19. The van der Waals surface area contributed by atoms with Gasteiger partial charge in [-0.3, -0.25) is 4.79 Å². The number of hydrogen-bond acceptors (Lipinski definition) is 5. The molecule has 1 amide bonds. The molecule has 1 aliphatic rings. The van der Waals surface area contributed by atoms with E-state index in [0.717, 1.165) is 0 Å². The summed E-state index contributed by atoms with van der Waals surface area (Å²) in [5.74, 6) is -3.24. The van der Waals surface area contributed by atoms with Gasteiger partial charge in [0.25, 0.3) is 12.3 Å². The van der Waals surface area contributed by atoms with E-state index in [1.807, 2.05) is 0 Å². The van der Waals surface area contributed by atoms with Gasteiger partial charge in [0.2, 0.25) is 11.8 Å². The molecule has 1 aliphatic carbocycles. The maximum Gasteiger partial charge on any atom is 0.391 e. The number of rotatable bonds is 7. The standard InChI is InChI=1S/C22H20ClF6N5O2/c23-13-2-1-3-14(24)17(13)32-21-31-15-8-12(20(33-18(15)34-21)36-9-16(25)26)19(35)30-11-6-4-10(5-7-11)22(27,28)29/h1-3,8,10-11,16H,4-7,9H2,(H,30,35)(H2,31,32,33,34)/t10-,11-. The van der Waals surface area contributed by atoms with E-state index in [2.05, 4.69) is 25.6 Å². The van der Waals surface area contributed by atoms with Crippen LogP contribution >= 0.6 is 11.6 Å². The summed E-state index contributed by atoms with van der Waals surface area (Å²) in [4.78, 5) is 23.9. The van der Waals surface area contributed by atoms with E-state index in [1.165, 1.54) is 24.3 Å². The Balaban J connectivity index is 1.57. The van der Waals surface area contributed by atoms with Gasteiger partial charge in [0.1, 0.15) is 16.9 Å². The Bertz CT molecular complexity index is 1220. The van der Waals surface area contributed by atoms with Crippen molar-refractivity contribution < 1.29 is 35.9 Å². The van der Waals surface area contributed by atoms with Crippen molar-refractivity contribution in [3.63, 3.8) is 0 Å². The fourth-order valence-corrected chi connectivity index (χ4v) is 4.17. The molecule has 4 rings (SSSR count). The Labute approximate surface area is 205 Å². The SMILES string of the molecule is O=C(N[C@H]1CC[C@H](C(F)(F)F)CC1)c1cc2nc(Nc3c(F)cccc3Cl)[nH]c2nc1OCC(F)F. The monoisotopic (exact) mass is 535 g/mol. The van der Waals surface area contributed by atoms with Crippen LogP contribution in [0.25, 0.3) is 11.2 Å². The molecule has 0 saturated heterocycles. The highest BCUT2D eigenvalue weighted by Crippen LogP contribution is 2.37. The highest BCUT2D eigenvalue weighted by Gasteiger charge is 2.41. The van der Waals surface area contributed by atoms with Crippen molar-refractivity contribution in [1.82, 2.24) is 20.3 Å². The van der Waals surface area contributed by atoms with Gasteiger partial charge in [-0.2, -0.15) is 18.2 Å². The van der Waals surface area contributed by atoms with Gasteiger partial charge in [0, 0.05) is 6.04 Å². The van der Waals surface area contributed by atoms with E-state index in [9.17, 15) is 31.1 Å². The van der Waals surface area contributed by atoms with E-state index in [1.54, 1.807) is 0 Å². The summed E-state index contributed by atoms with van der Waals surface area (Å²) < 4.78 is 83.4. The lowest BCUT2D eigenvalue weighted by molar-refractivity contribution is -0.182. The van der Waals surface area contributed by atoms with Gasteiger partial charge in [0.15, 0.2) is 12.3 Å². The topological polar surface area (TPSA) is 91.9 Å². The van der Waals surface area contributed by atoms with Gasteiger partial charge < -0.3 is 20.4 Å². The molecule has 0 spiro atoms. The minimum atomic E-state index is -4.29. The molecule has 0 unspecified atom stereocenters. The van der Waals surface area contributed by atoms with Gasteiger partial charge in [-0.05, 0) is 43.9 Å². The number of H-pyrrole nitrogens is 1. The molecule has 0 aliphatic heterocycles. The Kier molecular flexibility index (Phi) is 7.48. The number of anilines is 2. The summed E-state index contributed by atoms with van der Waals surface area (Å²) in [6.45, 7) is -1.04. The molecule has 0 atom stereocenters. The number of benzene rings is 1. The summed E-state index contributed by atoms with van der Waals surface area (Å²) in [5.41, 5.74) is -0.111. The number of nitrogens with one attached hydrogen (secondary N) is 3. The van der Waals surface area contributed by atoms with Crippen molar-refractivity contribution in [2.75, 3.05) is 11.9 Å². The average Bonchev–Trinajstić information content (AvgIpc) is 3.20. The lowest BCUT2D eigenvalue weighted by Gasteiger charge is -2.30. The van der Waals surface area contributed by atoms with Crippen LogP contribution in [-0.2, 0) is 0 Å². The van der Waals surface area contributed by atoms with Crippen LogP contribution in [0.4, 0.5) is 38.0 Å². The minimum Gasteiger partial charge on any atom is -0.471 e. The number of amides is 1. The number of alkyl halides is 5. The maximum atomic E-state index is 14.1. The molecular weight excluding hydrogens is 516 g/mol. The number of imidazole rings is 1. The normalized spacial score (nSPS) is 18.4. The second-order valence-electron chi connectivity index (χ2n) is 8.28. The molecular formula is C22H20ClF6N5O2. The first-order valence-electron chi connectivity index (χ1n) is 10.9. The number of hydrogen-bond donors (Lipinski definition) is 3. The van der Waals surface area contributed by atoms with Crippen LogP contribution in [-0.4, -0.2) is 46.1 Å². The fraction of sp³-hybridized carbons (Fsp3) is 0.409. The van der Waals surface area contributed by atoms with Gasteiger partial charge >= 0.3 is 6.18 Å². The molecule has 1 fully saturated rings. The molecule has 2 heterocycles. The fourth-order valence-electron chi connectivity index (χ4n) is 3.96. The molecule has 1 aromatic carbocycles. The van der Waals surface area contributed by atoms with Crippen molar-refractivity contribution in [2.45, 2.75) is 44.3 Å². The van der Waals surface area contributed by atoms with E-state index < -0.39 is 48.8 Å². The van der Waals surface area contributed by atoms with Crippen molar-refractivity contribution in [3.05, 3.63) is 40.7 Å². The van der Waals surface area contributed by atoms with Crippen molar-refractivity contribution in [3.8, 4) is 5.88 Å². The van der Waals surface area contributed by atoms with Crippen LogP contribution < -0.4 is 15.4 Å². The molecule has 3 aromatic rings. The summed E-state index contributed by atoms with van der Waals surface area (Å²) in [6, 6.07) is 4.75. The first kappa shape index (κ1) is 25.9. The maximum absolute atomic E-state index is 14.1. The average molecular weight is 536 g/mol. The van der Waals surface area contributed by atoms with Crippen LogP contribution in [0.3, 0.4) is 0 Å². The van der Waals surface area contributed by atoms with Crippen molar-refractivity contribution in [1.29, 1.82) is 0 Å². The molecule has 0 radical (unpaired) electrons. The van der Waals surface area contributed by atoms with E-state index >= 15 is 0 Å². The Morgan fingerprint density at radius 1 is 1.19 bits per heavy atom. The largest absolute Gasteiger partial charge is 0.471 e. The van der Waals surface area contributed by atoms with Gasteiger partial charge in [-0.25, -0.2) is 18.2 Å². The highest BCUT2D eigenvalue weighted by atomic mass is 35.5. The zero-order valence-corrected chi connectivity index (χ0v) is 19.2. The number of pyridine rings is 1. The third-order valence-corrected chi connectivity index (χ3v) is 6.07. The Morgan fingerprint density at radius 2 is 1.92 bits per heavy atom. The van der Waals surface area contributed by atoms with Crippen molar-refractivity contribution in [2.24, 2.45) is 5.92 Å². The zero-order valence-electron chi connectivity index (χ0n) is 18.4. The molecule has 14 heteroatoms. The minimum absolute atomic E-state index is 0.00680. The molecule has 7 nitrogen and oxygen atoms in total. The van der Waals surface area contributed by atoms with Crippen molar-refractivity contribution >= 4 is 40.3 Å². The number of nitrogens with zero attached hydrogens (tertiary/aromatic N) is 2. The molecule has 3 N–H and O–H groups in total. The molecule has 2 aromatic heterocycles. The van der Waals surface area contributed by atoms with Crippen LogP contribution in [0.5, 0.6) is 5.88 Å². The number of fused-ring (bicyclic) bond motifs is 1. The molecule has 194 valence electrons. The number of halogens is 7. The summed E-state index contributed by atoms with van der Waals surface area (Å²) in [7, 11) is 0. The third kappa shape index (κ3) is 5.94. The Hall–Kier alpha value is -3.22. The number of aromatic nitrogens is 3. The van der Waals surface area contributed by atoms with Gasteiger partial charge in [-0.15, -0.1) is 0 Å². The molecule has 36 heavy (non-hydrogen) atoms. The highest BCUT2D eigenvalue weighted by molar-refractivity contribution is 6.33. The van der Waals surface area contributed by atoms with Crippen LogP contribution in [0.1, 0.15) is 36.0 Å². The molecule has 0 bridgehead atoms.